The lowest BCUT2D eigenvalue weighted by Crippen LogP contribution is -2.29. The van der Waals surface area contributed by atoms with Crippen molar-refractivity contribution in [3.05, 3.63) is 48.4 Å². The zero-order valence-electron chi connectivity index (χ0n) is 12.4. The standard InChI is InChI=1S/C16H21N3O2/c1-12(9-13(2)20)10-18-16(21)14-5-6-15(17-11-14)19-7-3-4-8-19/h3-8,11-13,20H,9-10H2,1-2H3,(H,18,21). The second-order valence-electron chi connectivity index (χ2n) is 5.40. The lowest BCUT2D eigenvalue weighted by atomic mass is 10.0. The third kappa shape index (κ3) is 4.43. The Morgan fingerprint density at radius 1 is 1.33 bits per heavy atom. The number of hydrogen-bond donors (Lipinski definition) is 2. The average molecular weight is 287 g/mol. The normalized spacial score (nSPS) is 13.7. The fourth-order valence-corrected chi connectivity index (χ4v) is 2.19. The second-order valence-corrected chi connectivity index (χ2v) is 5.40. The molecule has 2 atom stereocenters. The van der Waals surface area contributed by atoms with Gasteiger partial charge in [-0.05, 0) is 43.5 Å². The molecule has 2 heterocycles. The van der Waals surface area contributed by atoms with Crippen molar-refractivity contribution < 1.29 is 9.90 Å². The van der Waals surface area contributed by atoms with Crippen molar-refractivity contribution in [1.82, 2.24) is 14.9 Å². The average Bonchev–Trinajstić information content (AvgIpc) is 2.98. The molecule has 5 nitrogen and oxygen atoms in total. The van der Waals surface area contributed by atoms with Gasteiger partial charge in [0.25, 0.3) is 5.91 Å². The Morgan fingerprint density at radius 2 is 2.05 bits per heavy atom. The molecule has 0 saturated carbocycles. The van der Waals surface area contributed by atoms with E-state index in [-0.39, 0.29) is 17.9 Å². The Labute approximate surface area is 124 Å². The minimum absolute atomic E-state index is 0.140. The van der Waals surface area contributed by atoms with E-state index < -0.39 is 0 Å². The summed E-state index contributed by atoms with van der Waals surface area (Å²) in [6.45, 7) is 4.30. The summed E-state index contributed by atoms with van der Waals surface area (Å²) in [7, 11) is 0. The summed E-state index contributed by atoms with van der Waals surface area (Å²) in [6, 6.07) is 7.42. The molecule has 0 bridgehead atoms. The van der Waals surface area contributed by atoms with Crippen LogP contribution in [0.15, 0.2) is 42.9 Å². The van der Waals surface area contributed by atoms with E-state index in [9.17, 15) is 9.90 Å². The molecule has 0 aliphatic heterocycles. The second kappa shape index (κ2) is 7.04. The predicted molar refractivity (Wildman–Crippen MR) is 81.4 cm³/mol. The van der Waals surface area contributed by atoms with E-state index in [1.165, 1.54) is 0 Å². The van der Waals surface area contributed by atoms with Gasteiger partial charge in [0.1, 0.15) is 5.82 Å². The first-order chi connectivity index (χ1) is 10.1. The molecule has 0 radical (unpaired) electrons. The molecule has 0 aliphatic rings. The van der Waals surface area contributed by atoms with Gasteiger partial charge in [-0.1, -0.05) is 6.92 Å². The Kier molecular flexibility index (Phi) is 5.11. The lowest BCUT2D eigenvalue weighted by molar-refractivity contribution is 0.0939. The van der Waals surface area contributed by atoms with Gasteiger partial charge in [0, 0.05) is 25.1 Å². The smallest absolute Gasteiger partial charge is 0.252 e. The van der Waals surface area contributed by atoms with E-state index in [1.807, 2.05) is 42.1 Å². The minimum Gasteiger partial charge on any atom is -0.393 e. The number of carbonyl (C=O) groups is 1. The number of hydrogen-bond acceptors (Lipinski definition) is 3. The summed E-state index contributed by atoms with van der Waals surface area (Å²) in [5.41, 5.74) is 0.537. The van der Waals surface area contributed by atoms with Crippen LogP contribution in [0.25, 0.3) is 5.82 Å². The number of aromatic nitrogens is 2. The maximum absolute atomic E-state index is 12.0. The molecule has 0 aliphatic carbocycles. The number of aliphatic hydroxyl groups excluding tert-OH is 1. The quantitative estimate of drug-likeness (QED) is 0.854. The van der Waals surface area contributed by atoms with Crippen LogP contribution in [-0.2, 0) is 0 Å². The van der Waals surface area contributed by atoms with Gasteiger partial charge in [-0.25, -0.2) is 4.98 Å². The zero-order chi connectivity index (χ0) is 15.2. The maximum atomic E-state index is 12.0. The third-order valence-corrected chi connectivity index (χ3v) is 3.23. The topological polar surface area (TPSA) is 67.2 Å². The largest absolute Gasteiger partial charge is 0.393 e. The van der Waals surface area contributed by atoms with Crippen molar-refractivity contribution in [1.29, 1.82) is 0 Å². The molecule has 2 rings (SSSR count). The summed E-state index contributed by atoms with van der Waals surface area (Å²) >= 11 is 0. The number of carbonyl (C=O) groups excluding carboxylic acids is 1. The Bertz CT molecular complexity index is 562. The van der Waals surface area contributed by atoms with Crippen LogP contribution < -0.4 is 5.32 Å². The third-order valence-electron chi connectivity index (χ3n) is 3.23. The van der Waals surface area contributed by atoms with Gasteiger partial charge in [-0.3, -0.25) is 4.79 Å². The lowest BCUT2D eigenvalue weighted by Gasteiger charge is -2.14. The molecule has 0 aromatic carbocycles. The zero-order valence-corrected chi connectivity index (χ0v) is 12.4. The highest BCUT2D eigenvalue weighted by atomic mass is 16.3. The number of rotatable bonds is 6. The molecule has 2 N–H and O–H groups in total. The van der Waals surface area contributed by atoms with Crippen molar-refractivity contribution in [2.75, 3.05) is 6.54 Å². The fourth-order valence-electron chi connectivity index (χ4n) is 2.19. The van der Waals surface area contributed by atoms with E-state index in [0.29, 0.717) is 18.5 Å². The summed E-state index contributed by atoms with van der Waals surface area (Å²) in [5.74, 6) is 0.874. The molecule has 2 aromatic rings. The van der Waals surface area contributed by atoms with E-state index in [2.05, 4.69) is 10.3 Å². The number of amides is 1. The Morgan fingerprint density at radius 3 is 2.62 bits per heavy atom. The SMILES string of the molecule is CC(O)CC(C)CNC(=O)c1ccc(-n2cccc2)nc1. The maximum Gasteiger partial charge on any atom is 0.252 e. The van der Waals surface area contributed by atoms with Gasteiger partial charge in [-0.15, -0.1) is 0 Å². The molecular formula is C16H21N3O2. The molecule has 112 valence electrons. The van der Waals surface area contributed by atoms with Crippen LogP contribution in [0.5, 0.6) is 0 Å². The van der Waals surface area contributed by atoms with Crippen LogP contribution in [0.2, 0.25) is 0 Å². The van der Waals surface area contributed by atoms with Crippen LogP contribution in [0.1, 0.15) is 30.6 Å². The van der Waals surface area contributed by atoms with Gasteiger partial charge in [0.05, 0.1) is 11.7 Å². The van der Waals surface area contributed by atoms with Crippen molar-refractivity contribution in [2.24, 2.45) is 5.92 Å². The molecule has 5 heteroatoms. The van der Waals surface area contributed by atoms with Gasteiger partial charge >= 0.3 is 0 Å². The predicted octanol–water partition coefficient (Wildman–Crippen LogP) is 2.01. The molecule has 1 amide bonds. The first kappa shape index (κ1) is 15.3. The fraction of sp³-hybridized carbons (Fsp3) is 0.375. The van der Waals surface area contributed by atoms with Gasteiger partial charge < -0.3 is 15.0 Å². The van der Waals surface area contributed by atoms with Crippen LogP contribution in [0.4, 0.5) is 0 Å². The minimum atomic E-state index is -0.348. The summed E-state index contributed by atoms with van der Waals surface area (Å²) in [6.07, 6.45) is 5.70. The van der Waals surface area contributed by atoms with Crippen LogP contribution in [-0.4, -0.2) is 33.2 Å². The summed E-state index contributed by atoms with van der Waals surface area (Å²) in [4.78, 5) is 16.3. The van der Waals surface area contributed by atoms with Crippen molar-refractivity contribution in [3.8, 4) is 5.82 Å². The van der Waals surface area contributed by atoms with Crippen LogP contribution in [0, 0.1) is 5.92 Å². The van der Waals surface area contributed by atoms with Gasteiger partial charge in [0.2, 0.25) is 0 Å². The highest BCUT2D eigenvalue weighted by Gasteiger charge is 2.10. The van der Waals surface area contributed by atoms with Crippen LogP contribution >= 0.6 is 0 Å². The molecule has 2 aromatic heterocycles. The monoisotopic (exact) mass is 287 g/mol. The summed E-state index contributed by atoms with van der Waals surface area (Å²) < 4.78 is 1.88. The van der Waals surface area contributed by atoms with Crippen LogP contribution in [0.3, 0.4) is 0 Å². The van der Waals surface area contributed by atoms with E-state index in [1.54, 1.807) is 19.2 Å². The van der Waals surface area contributed by atoms with Gasteiger partial charge in [0.15, 0.2) is 0 Å². The molecule has 21 heavy (non-hydrogen) atoms. The highest BCUT2D eigenvalue weighted by Crippen LogP contribution is 2.07. The molecule has 0 saturated heterocycles. The first-order valence-electron chi connectivity index (χ1n) is 7.12. The number of pyridine rings is 1. The van der Waals surface area contributed by atoms with E-state index >= 15 is 0 Å². The van der Waals surface area contributed by atoms with Crippen molar-refractivity contribution in [3.63, 3.8) is 0 Å². The molecule has 0 fully saturated rings. The number of nitrogens with one attached hydrogen (secondary N) is 1. The molecular weight excluding hydrogens is 266 g/mol. The van der Waals surface area contributed by atoms with Crippen molar-refractivity contribution >= 4 is 5.91 Å². The Balaban J connectivity index is 1.91. The van der Waals surface area contributed by atoms with Crippen molar-refractivity contribution in [2.45, 2.75) is 26.4 Å². The van der Waals surface area contributed by atoms with E-state index in [0.717, 1.165) is 5.82 Å². The Hall–Kier alpha value is -2.14. The molecule has 2 unspecified atom stereocenters. The van der Waals surface area contributed by atoms with E-state index in [4.69, 9.17) is 0 Å². The number of aliphatic hydroxyl groups is 1. The first-order valence-corrected chi connectivity index (χ1v) is 7.12. The highest BCUT2D eigenvalue weighted by molar-refractivity contribution is 5.93. The number of nitrogens with zero attached hydrogens (tertiary/aromatic N) is 2. The summed E-state index contributed by atoms with van der Waals surface area (Å²) in [5, 5.41) is 12.2. The molecule has 0 spiro atoms. The van der Waals surface area contributed by atoms with Gasteiger partial charge in [-0.2, -0.15) is 0 Å².